The number of pyridine rings is 1. The first-order valence-electron chi connectivity index (χ1n) is 8.11. The number of nitrogens with one attached hydrogen (secondary N) is 1. The van der Waals surface area contributed by atoms with Gasteiger partial charge in [0.2, 0.25) is 0 Å². The Morgan fingerprint density at radius 2 is 1.96 bits per heavy atom. The van der Waals surface area contributed by atoms with Crippen molar-refractivity contribution in [2.24, 2.45) is 0 Å². The summed E-state index contributed by atoms with van der Waals surface area (Å²) in [5.41, 5.74) is 1.09. The molecule has 0 aliphatic rings. The molecule has 0 fully saturated rings. The number of hydrogen-bond acceptors (Lipinski definition) is 3. The van der Waals surface area contributed by atoms with Gasteiger partial charge in [0.25, 0.3) is 11.5 Å². The Balaban J connectivity index is 1.98. The average Bonchev–Trinajstić information content (AvgIpc) is 2.92. The largest absolute Gasteiger partial charge is 0.345 e. The number of halogens is 1. The number of aromatic nitrogens is 1. The van der Waals surface area contributed by atoms with Crippen LogP contribution in [-0.2, 0) is 6.54 Å². The quantitative estimate of drug-likeness (QED) is 0.766. The van der Waals surface area contributed by atoms with Crippen LogP contribution in [0.15, 0.2) is 41.3 Å². The van der Waals surface area contributed by atoms with E-state index in [1.54, 1.807) is 22.9 Å². The number of aryl methyl sites for hydroxylation is 2. The Morgan fingerprint density at radius 1 is 1.28 bits per heavy atom. The molecule has 0 bridgehead atoms. The normalized spacial score (nSPS) is 12.3. The number of carbonyl (C=O) groups excluding carboxylic acids is 1. The molecule has 130 valence electrons. The van der Waals surface area contributed by atoms with Gasteiger partial charge in [-0.1, -0.05) is 12.1 Å². The molecule has 0 radical (unpaired) electrons. The molecule has 0 spiro atoms. The van der Waals surface area contributed by atoms with E-state index in [0.717, 1.165) is 15.1 Å². The number of amides is 1. The fourth-order valence-electron chi connectivity index (χ4n) is 2.89. The van der Waals surface area contributed by atoms with E-state index in [0.29, 0.717) is 17.5 Å². The fourth-order valence-corrected chi connectivity index (χ4v) is 3.94. The van der Waals surface area contributed by atoms with Gasteiger partial charge in [-0.3, -0.25) is 9.59 Å². The van der Waals surface area contributed by atoms with E-state index < -0.39 is 0 Å². The molecular weight excluding hydrogens is 339 g/mol. The van der Waals surface area contributed by atoms with Crippen LogP contribution in [0.25, 0.3) is 10.1 Å². The van der Waals surface area contributed by atoms with Crippen LogP contribution in [0.3, 0.4) is 0 Å². The van der Waals surface area contributed by atoms with Crippen molar-refractivity contribution in [1.82, 2.24) is 9.88 Å². The van der Waals surface area contributed by atoms with Crippen LogP contribution < -0.4 is 10.9 Å². The molecule has 3 rings (SSSR count). The standard InChI is InChI=1S/C19H19FN2O2S/c1-4-22-10-9-15-17(19(22)24)16(12(3)25-15)18(23)21-11(2)13-5-7-14(20)8-6-13/h5-11H,4H2,1-3H3,(H,21,23)/t11-/m0/s1. The van der Waals surface area contributed by atoms with Gasteiger partial charge in [-0.25, -0.2) is 4.39 Å². The van der Waals surface area contributed by atoms with Crippen molar-refractivity contribution in [2.75, 3.05) is 0 Å². The monoisotopic (exact) mass is 358 g/mol. The van der Waals surface area contributed by atoms with Gasteiger partial charge in [0, 0.05) is 22.3 Å². The van der Waals surface area contributed by atoms with E-state index in [9.17, 15) is 14.0 Å². The van der Waals surface area contributed by atoms with Crippen molar-refractivity contribution in [3.05, 3.63) is 68.7 Å². The van der Waals surface area contributed by atoms with Crippen LogP contribution in [0.4, 0.5) is 4.39 Å². The first kappa shape index (κ1) is 17.4. The Labute approximate surface area is 148 Å². The zero-order chi connectivity index (χ0) is 18.1. The second-order valence-corrected chi connectivity index (χ2v) is 7.18. The van der Waals surface area contributed by atoms with Crippen molar-refractivity contribution in [1.29, 1.82) is 0 Å². The summed E-state index contributed by atoms with van der Waals surface area (Å²) in [5, 5.41) is 3.38. The van der Waals surface area contributed by atoms with E-state index in [1.165, 1.54) is 23.5 Å². The summed E-state index contributed by atoms with van der Waals surface area (Å²) in [6, 6.07) is 7.59. The lowest BCUT2D eigenvalue weighted by Gasteiger charge is -2.14. The number of nitrogens with zero attached hydrogens (tertiary/aromatic N) is 1. The highest BCUT2D eigenvalue weighted by Gasteiger charge is 2.21. The molecule has 1 atom stereocenters. The maximum Gasteiger partial charge on any atom is 0.260 e. The maximum atomic E-state index is 13.1. The molecule has 25 heavy (non-hydrogen) atoms. The van der Waals surface area contributed by atoms with Crippen molar-refractivity contribution in [3.8, 4) is 0 Å². The third-order valence-corrected chi connectivity index (χ3v) is 5.35. The van der Waals surface area contributed by atoms with Gasteiger partial charge < -0.3 is 9.88 Å². The molecular formula is C19H19FN2O2S. The summed E-state index contributed by atoms with van der Waals surface area (Å²) < 4.78 is 15.5. The minimum absolute atomic E-state index is 0.149. The minimum atomic E-state index is -0.318. The summed E-state index contributed by atoms with van der Waals surface area (Å²) in [6.45, 7) is 6.12. The minimum Gasteiger partial charge on any atom is -0.345 e. The summed E-state index contributed by atoms with van der Waals surface area (Å²) in [6.07, 6.45) is 1.75. The van der Waals surface area contributed by atoms with Crippen LogP contribution in [0.1, 0.15) is 40.7 Å². The summed E-state index contributed by atoms with van der Waals surface area (Å²) in [7, 11) is 0. The SMILES string of the molecule is CCn1ccc2sc(C)c(C(=O)N[C@@H](C)c3ccc(F)cc3)c2c1=O. The molecule has 1 N–H and O–H groups in total. The van der Waals surface area contributed by atoms with E-state index in [1.807, 2.05) is 26.8 Å². The van der Waals surface area contributed by atoms with Gasteiger partial charge in [0.15, 0.2) is 0 Å². The zero-order valence-electron chi connectivity index (χ0n) is 14.3. The Morgan fingerprint density at radius 3 is 2.60 bits per heavy atom. The van der Waals surface area contributed by atoms with Gasteiger partial charge >= 0.3 is 0 Å². The van der Waals surface area contributed by atoms with Gasteiger partial charge in [0.1, 0.15) is 5.82 Å². The van der Waals surface area contributed by atoms with Crippen molar-refractivity contribution in [2.45, 2.75) is 33.4 Å². The molecule has 0 saturated carbocycles. The first-order valence-corrected chi connectivity index (χ1v) is 8.93. The third-order valence-electron chi connectivity index (χ3n) is 4.28. The lowest BCUT2D eigenvalue weighted by Crippen LogP contribution is -2.28. The number of rotatable bonds is 4. The highest BCUT2D eigenvalue weighted by Crippen LogP contribution is 2.29. The average molecular weight is 358 g/mol. The first-order chi connectivity index (χ1) is 11.9. The maximum absolute atomic E-state index is 13.1. The Kier molecular flexibility index (Phi) is 4.72. The lowest BCUT2D eigenvalue weighted by molar-refractivity contribution is 0.0941. The molecule has 1 amide bonds. The smallest absolute Gasteiger partial charge is 0.260 e. The molecule has 3 aromatic rings. The predicted octanol–water partition coefficient (Wildman–Crippen LogP) is 4.02. The second kappa shape index (κ2) is 6.80. The molecule has 4 nitrogen and oxygen atoms in total. The van der Waals surface area contributed by atoms with Gasteiger partial charge in [0.05, 0.1) is 17.0 Å². The van der Waals surface area contributed by atoms with Crippen LogP contribution >= 0.6 is 11.3 Å². The number of benzene rings is 1. The van der Waals surface area contributed by atoms with Crippen LogP contribution in [-0.4, -0.2) is 10.5 Å². The van der Waals surface area contributed by atoms with Crippen molar-refractivity contribution >= 4 is 27.3 Å². The van der Waals surface area contributed by atoms with Crippen molar-refractivity contribution in [3.63, 3.8) is 0 Å². The summed E-state index contributed by atoms with van der Waals surface area (Å²) >= 11 is 1.44. The zero-order valence-corrected chi connectivity index (χ0v) is 15.1. The topological polar surface area (TPSA) is 51.1 Å². The number of carbonyl (C=O) groups is 1. The predicted molar refractivity (Wildman–Crippen MR) is 98.8 cm³/mol. The molecule has 0 unspecified atom stereocenters. The van der Waals surface area contributed by atoms with Gasteiger partial charge in [-0.2, -0.15) is 0 Å². The van der Waals surface area contributed by atoms with Crippen LogP contribution in [0.2, 0.25) is 0 Å². The molecule has 0 saturated heterocycles. The van der Waals surface area contributed by atoms with Crippen LogP contribution in [0, 0.1) is 12.7 Å². The highest BCUT2D eigenvalue weighted by molar-refractivity contribution is 7.19. The van der Waals surface area contributed by atoms with Gasteiger partial charge in [-0.05, 0) is 44.5 Å². The lowest BCUT2D eigenvalue weighted by atomic mass is 10.1. The summed E-state index contributed by atoms with van der Waals surface area (Å²) in [5.74, 6) is -0.603. The molecule has 0 aliphatic heterocycles. The van der Waals surface area contributed by atoms with Crippen molar-refractivity contribution < 1.29 is 9.18 Å². The number of fused-ring (bicyclic) bond motifs is 1. The fraction of sp³-hybridized carbons (Fsp3) is 0.263. The van der Waals surface area contributed by atoms with E-state index in [4.69, 9.17) is 0 Å². The molecule has 0 aliphatic carbocycles. The highest BCUT2D eigenvalue weighted by atomic mass is 32.1. The van der Waals surface area contributed by atoms with Gasteiger partial charge in [-0.15, -0.1) is 11.3 Å². The second-order valence-electron chi connectivity index (χ2n) is 5.93. The van der Waals surface area contributed by atoms with E-state index in [-0.39, 0.29) is 23.3 Å². The van der Waals surface area contributed by atoms with Crippen LogP contribution in [0.5, 0.6) is 0 Å². The Bertz CT molecular complexity index is 989. The number of hydrogen-bond donors (Lipinski definition) is 1. The summed E-state index contributed by atoms with van der Waals surface area (Å²) in [4.78, 5) is 26.3. The van der Waals surface area contributed by atoms with E-state index >= 15 is 0 Å². The third kappa shape index (κ3) is 3.22. The molecule has 6 heteroatoms. The Hall–Kier alpha value is -2.47. The molecule has 2 heterocycles. The number of thiophene rings is 1. The molecule has 2 aromatic heterocycles. The van der Waals surface area contributed by atoms with E-state index in [2.05, 4.69) is 5.32 Å². The molecule has 1 aromatic carbocycles.